The Labute approximate surface area is 67.1 Å². The molecule has 0 aromatic heterocycles. The third-order valence-electron chi connectivity index (χ3n) is 1.30. The number of hydrogen-bond acceptors (Lipinski definition) is 4. The molecular weight excluding hydrogens is 164 g/mol. The second-order valence-corrected chi connectivity index (χ2v) is 2.17. The van der Waals surface area contributed by atoms with E-state index in [2.05, 4.69) is 0 Å². The molecule has 1 rings (SSSR count). The first-order chi connectivity index (χ1) is 5.52. The Morgan fingerprint density at radius 2 is 1.75 bits per heavy atom. The third-order valence-corrected chi connectivity index (χ3v) is 1.30. The molecule has 64 valence electrons. The van der Waals surface area contributed by atoms with E-state index in [1.165, 1.54) is 0 Å². The van der Waals surface area contributed by atoms with E-state index in [-0.39, 0.29) is 0 Å². The van der Waals surface area contributed by atoms with Crippen molar-refractivity contribution in [2.75, 3.05) is 0 Å². The molecule has 0 saturated heterocycles. The largest absolute Gasteiger partial charge is 0.508 e. The maximum Gasteiger partial charge on any atom is 0.339 e. The second kappa shape index (κ2) is 2.61. The zero-order valence-corrected chi connectivity index (χ0v) is 5.85. The minimum Gasteiger partial charge on any atom is -0.508 e. The monoisotopic (exact) mass is 170 g/mol. The molecule has 5 nitrogen and oxygen atoms in total. The maximum atomic E-state index is 10.3. The van der Waals surface area contributed by atoms with Crippen LogP contribution >= 0.6 is 0 Å². The fourth-order valence-corrected chi connectivity index (χ4v) is 0.767. The van der Waals surface area contributed by atoms with Crippen molar-refractivity contribution in [1.82, 2.24) is 0 Å². The first-order valence-corrected chi connectivity index (χ1v) is 3.00. The zero-order valence-electron chi connectivity index (χ0n) is 5.85. The molecule has 0 spiro atoms. The van der Waals surface area contributed by atoms with Gasteiger partial charge in [-0.05, 0) is 6.07 Å². The summed E-state index contributed by atoms with van der Waals surface area (Å²) in [4.78, 5) is 10.3. The Hall–Kier alpha value is -1.91. The predicted octanol–water partition coefficient (Wildman–Crippen LogP) is 0.502. The number of phenols is 3. The van der Waals surface area contributed by atoms with Gasteiger partial charge in [-0.25, -0.2) is 4.79 Å². The highest BCUT2D eigenvalue weighted by Crippen LogP contribution is 2.32. The zero-order chi connectivity index (χ0) is 9.30. The molecule has 0 bridgehead atoms. The number of aromatic carboxylic acids is 1. The average Bonchev–Trinajstić information content (AvgIpc) is 1.96. The van der Waals surface area contributed by atoms with Gasteiger partial charge in [0.2, 0.25) is 0 Å². The molecule has 5 heteroatoms. The van der Waals surface area contributed by atoms with Crippen LogP contribution in [-0.4, -0.2) is 26.4 Å². The van der Waals surface area contributed by atoms with E-state index < -0.39 is 28.8 Å². The van der Waals surface area contributed by atoms with Crippen molar-refractivity contribution in [1.29, 1.82) is 0 Å². The number of carboxylic acid groups (broad SMARTS) is 1. The Kier molecular flexibility index (Phi) is 1.78. The lowest BCUT2D eigenvalue weighted by Crippen LogP contribution is -1.96. The van der Waals surface area contributed by atoms with Gasteiger partial charge in [-0.1, -0.05) is 0 Å². The fourth-order valence-electron chi connectivity index (χ4n) is 0.767. The van der Waals surface area contributed by atoms with E-state index in [0.29, 0.717) is 0 Å². The Morgan fingerprint density at radius 1 is 1.17 bits per heavy atom. The topological polar surface area (TPSA) is 98.0 Å². The molecule has 0 radical (unpaired) electrons. The van der Waals surface area contributed by atoms with Crippen LogP contribution in [0.3, 0.4) is 0 Å². The van der Waals surface area contributed by atoms with Crippen LogP contribution < -0.4 is 0 Å². The first-order valence-electron chi connectivity index (χ1n) is 3.00. The summed E-state index contributed by atoms with van der Waals surface area (Å²) in [6.45, 7) is 0. The van der Waals surface area contributed by atoms with E-state index in [0.717, 1.165) is 12.1 Å². The van der Waals surface area contributed by atoms with E-state index in [1.807, 2.05) is 0 Å². The van der Waals surface area contributed by atoms with E-state index in [1.54, 1.807) is 0 Å². The fraction of sp³-hybridized carbons (Fsp3) is 0. The molecule has 0 saturated carbocycles. The normalized spacial score (nSPS) is 9.67. The van der Waals surface area contributed by atoms with Gasteiger partial charge < -0.3 is 20.4 Å². The molecule has 0 atom stereocenters. The molecule has 0 aliphatic rings. The SMILES string of the molecule is O=C(O)c1cc(O)cc(O)c1O. The summed E-state index contributed by atoms with van der Waals surface area (Å²) in [5, 5.41) is 35.1. The van der Waals surface area contributed by atoms with Gasteiger partial charge in [0.15, 0.2) is 11.5 Å². The van der Waals surface area contributed by atoms with Crippen LogP contribution in [0.4, 0.5) is 0 Å². The van der Waals surface area contributed by atoms with Gasteiger partial charge in [-0.15, -0.1) is 0 Å². The number of phenolic OH excluding ortho intramolecular Hbond substituents is 2. The number of rotatable bonds is 1. The van der Waals surface area contributed by atoms with E-state index in [4.69, 9.17) is 20.4 Å². The van der Waals surface area contributed by atoms with Gasteiger partial charge in [0.05, 0.1) is 0 Å². The number of carboxylic acids is 1. The maximum absolute atomic E-state index is 10.3. The van der Waals surface area contributed by atoms with Crippen LogP contribution in [-0.2, 0) is 0 Å². The van der Waals surface area contributed by atoms with Crippen LogP contribution in [0.15, 0.2) is 12.1 Å². The van der Waals surface area contributed by atoms with Crippen molar-refractivity contribution < 1.29 is 25.2 Å². The van der Waals surface area contributed by atoms with Crippen LogP contribution in [0.2, 0.25) is 0 Å². The lowest BCUT2D eigenvalue weighted by Gasteiger charge is -2.01. The molecule has 0 heterocycles. The van der Waals surface area contributed by atoms with Crippen LogP contribution in [0, 0.1) is 0 Å². The van der Waals surface area contributed by atoms with Gasteiger partial charge in [-0.3, -0.25) is 0 Å². The number of aromatic hydroxyl groups is 3. The van der Waals surface area contributed by atoms with E-state index in [9.17, 15) is 4.79 Å². The molecule has 0 aliphatic heterocycles. The molecule has 1 aromatic rings. The van der Waals surface area contributed by atoms with E-state index >= 15 is 0 Å². The van der Waals surface area contributed by atoms with Crippen molar-refractivity contribution in [2.45, 2.75) is 0 Å². The van der Waals surface area contributed by atoms with Crippen LogP contribution in [0.1, 0.15) is 10.4 Å². The first kappa shape index (κ1) is 8.19. The summed E-state index contributed by atoms with van der Waals surface area (Å²) in [6, 6.07) is 1.69. The van der Waals surface area contributed by atoms with Gasteiger partial charge in [0, 0.05) is 6.07 Å². The van der Waals surface area contributed by atoms with Gasteiger partial charge >= 0.3 is 5.97 Å². The van der Waals surface area contributed by atoms with Crippen molar-refractivity contribution in [3.05, 3.63) is 17.7 Å². The summed E-state index contributed by atoms with van der Waals surface area (Å²) >= 11 is 0. The van der Waals surface area contributed by atoms with Crippen LogP contribution in [0.25, 0.3) is 0 Å². The highest BCUT2D eigenvalue weighted by atomic mass is 16.4. The quantitative estimate of drug-likeness (QED) is 0.363. The summed E-state index contributed by atoms with van der Waals surface area (Å²) < 4.78 is 0. The number of hydrogen-bond donors (Lipinski definition) is 4. The minimum atomic E-state index is -1.42. The molecule has 1 aromatic carbocycles. The Bertz CT molecular complexity index is 331. The second-order valence-electron chi connectivity index (χ2n) is 2.17. The lowest BCUT2D eigenvalue weighted by molar-refractivity contribution is 0.0692. The minimum absolute atomic E-state index is 0.414. The van der Waals surface area contributed by atoms with Gasteiger partial charge in [0.1, 0.15) is 11.3 Å². The smallest absolute Gasteiger partial charge is 0.339 e. The molecular formula is C7H6O5. The van der Waals surface area contributed by atoms with Gasteiger partial charge in [0.25, 0.3) is 0 Å². The molecule has 12 heavy (non-hydrogen) atoms. The lowest BCUT2D eigenvalue weighted by atomic mass is 10.2. The molecule has 0 aliphatic carbocycles. The van der Waals surface area contributed by atoms with Crippen LogP contribution in [0.5, 0.6) is 17.2 Å². The van der Waals surface area contributed by atoms with Gasteiger partial charge in [-0.2, -0.15) is 0 Å². The summed E-state index contributed by atoms with van der Waals surface area (Å²) in [7, 11) is 0. The highest BCUT2D eigenvalue weighted by Gasteiger charge is 2.14. The van der Waals surface area contributed by atoms with Crippen molar-refractivity contribution in [2.24, 2.45) is 0 Å². The number of benzene rings is 1. The Morgan fingerprint density at radius 3 is 2.25 bits per heavy atom. The summed E-state index contributed by atoms with van der Waals surface area (Å²) in [5.41, 5.74) is -0.535. The molecule has 0 amide bonds. The highest BCUT2D eigenvalue weighted by molar-refractivity contribution is 5.92. The standard InChI is InChI=1S/C7H6O5/c8-3-1-4(7(11)12)6(10)5(9)2-3/h1-2,8-10H,(H,11,12). The van der Waals surface area contributed by atoms with Crippen molar-refractivity contribution in [3.8, 4) is 17.2 Å². The summed E-state index contributed by atoms with van der Waals surface area (Å²) in [6.07, 6.45) is 0. The molecule has 4 N–H and O–H groups in total. The predicted molar refractivity (Wildman–Crippen MR) is 38.4 cm³/mol. The summed E-state index contributed by atoms with van der Waals surface area (Å²) in [5.74, 6) is -3.24. The molecule has 0 unspecified atom stereocenters. The number of carbonyl (C=O) groups is 1. The molecule has 0 fully saturated rings. The third kappa shape index (κ3) is 1.24. The van der Waals surface area contributed by atoms with Crippen molar-refractivity contribution >= 4 is 5.97 Å². The van der Waals surface area contributed by atoms with Crippen molar-refractivity contribution in [3.63, 3.8) is 0 Å². The average molecular weight is 170 g/mol. The Balaban J connectivity index is 3.37.